The smallest absolute Gasteiger partial charge is 0.289 e. The SMILES string of the molecule is CCCC[C@H](NC(=O)C1(NS(=O)(=O)c2cccc3cccnc23)CCCCC1)C(=O)C(=O)NC1CCCC1. The van der Waals surface area contributed by atoms with Crippen LogP contribution in [0.2, 0.25) is 0 Å². The zero-order chi connectivity index (χ0) is 27.2. The summed E-state index contributed by atoms with van der Waals surface area (Å²) >= 11 is 0. The molecule has 9 nitrogen and oxygen atoms in total. The van der Waals surface area contributed by atoms with Gasteiger partial charge in [-0.1, -0.05) is 70.1 Å². The number of nitrogens with one attached hydrogen (secondary N) is 3. The third-order valence-corrected chi connectivity index (χ3v) is 9.31. The van der Waals surface area contributed by atoms with Crippen molar-refractivity contribution >= 4 is 38.5 Å². The number of unbranched alkanes of at least 4 members (excludes halogenated alkanes) is 1. The van der Waals surface area contributed by atoms with E-state index in [2.05, 4.69) is 20.3 Å². The van der Waals surface area contributed by atoms with E-state index in [1.54, 1.807) is 24.3 Å². The van der Waals surface area contributed by atoms with E-state index in [1.165, 1.54) is 12.3 Å². The van der Waals surface area contributed by atoms with Crippen molar-refractivity contribution < 1.29 is 22.8 Å². The number of pyridine rings is 1. The predicted molar refractivity (Wildman–Crippen MR) is 145 cm³/mol. The maximum atomic E-state index is 13.8. The lowest BCUT2D eigenvalue weighted by Gasteiger charge is -2.37. The molecule has 1 aromatic carbocycles. The van der Waals surface area contributed by atoms with Gasteiger partial charge in [-0.05, 0) is 44.2 Å². The molecule has 4 rings (SSSR count). The lowest BCUT2D eigenvalue weighted by atomic mass is 9.81. The molecule has 1 atom stereocenters. The lowest BCUT2D eigenvalue weighted by molar-refractivity contribution is -0.141. The standard InChI is InChI=1S/C28H38N4O5S/c1-2-3-15-22(25(33)26(34)30-21-13-5-6-14-21)31-27(35)28(17-7-4-8-18-28)32-38(36,37)23-16-9-11-20-12-10-19-29-24(20)23/h9-12,16,19,21-22,32H,2-8,13-15,17-18H2,1H3,(H,30,34)(H,31,35)/t22-/m0/s1. The van der Waals surface area contributed by atoms with Crippen LogP contribution in [0.3, 0.4) is 0 Å². The molecule has 2 aromatic rings. The van der Waals surface area contributed by atoms with Gasteiger partial charge >= 0.3 is 0 Å². The zero-order valence-corrected chi connectivity index (χ0v) is 22.8. The van der Waals surface area contributed by atoms with Crippen LogP contribution in [0.1, 0.15) is 84.0 Å². The Morgan fingerprint density at radius 2 is 1.74 bits per heavy atom. The number of fused-ring (bicyclic) bond motifs is 1. The van der Waals surface area contributed by atoms with Crippen molar-refractivity contribution in [2.45, 2.75) is 106 Å². The highest BCUT2D eigenvalue weighted by Gasteiger charge is 2.45. The van der Waals surface area contributed by atoms with Gasteiger partial charge in [-0.15, -0.1) is 0 Å². The van der Waals surface area contributed by atoms with Crippen molar-refractivity contribution in [2.24, 2.45) is 0 Å². The monoisotopic (exact) mass is 542 g/mol. The van der Waals surface area contributed by atoms with Crippen LogP contribution < -0.4 is 15.4 Å². The number of nitrogens with zero attached hydrogens (tertiary/aromatic N) is 1. The van der Waals surface area contributed by atoms with E-state index >= 15 is 0 Å². The Morgan fingerprint density at radius 3 is 2.45 bits per heavy atom. The van der Waals surface area contributed by atoms with E-state index in [0.29, 0.717) is 49.4 Å². The number of rotatable bonds is 11. The van der Waals surface area contributed by atoms with Gasteiger partial charge in [-0.25, -0.2) is 8.42 Å². The average molecular weight is 543 g/mol. The highest BCUT2D eigenvalue weighted by Crippen LogP contribution is 2.32. The molecular weight excluding hydrogens is 504 g/mol. The third kappa shape index (κ3) is 6.40. The molecule has 0 bridgehead atoms. The molecule has 206 valence electrons. The Labute approximate surface area is 224 Å². The number of ketones is 1. The van der Waals surface area contributed by atoms with Gasteiger partial charge in [-0.3, -0.25) is 19.4 Å². The number of amides is 2. The number of Topliss-reactive ketones (excluding diaryl/α,β-unsaturated/α-hetero) is 1. The van der Waals surface area contributed by atoms with E-state index in [0.717, 1.165) is 38.5 Å². The second kappa shape index (κ2) is 12.3. The molecular formula is C28H38N4O5S. The number of hydrogen-bond acceptors (Lipinski definition) is 6. The molecule has 2 saturated carbocycles. The van der Waals surface area contributed by atoms with Crippen molar-refractivity contribution in [1.82, 2.24) is 20.3 Å². The molecule has 0 spiro atoms. The minimum Gasteiger partial charge on any atom is -0.347 e. The van der Waals surface area contributed by atoms with Crippen molar-refractivity contribution in [2.75, 3.05) is 0 Å². The minimum atomic E-state index is -4.13. The van der Waals surface area contributed by atoms with Crippen LogP contribution in [-0.4, -0.2) is 48.6 Å². The quantitative estimate of drug-likeness (QED) is 0.372. The van der Waals surface area contributed by atoms with E-state index in [9.17, 15) is 22.8 Å². The molecule has 2 aliphatic carbocycles. The van der Waals surface area contributed by atoms with Gasteiger partial charge in [0, 0.05) is 17.6 Å². The number of sulfonamides is 1. The number of carbonyl (C=O) groups is 3. The van der Waals surface area contributed by atoms with Crippen LogP contribution in [-0.2, 0) is 24.4 Å². The summed E-state index contributed by atoms with van der Waals surface area (Å²) in [6.45, 7) is 1.97. The van der Waals surface area contributed by atoms with Crippen molar-refractivity contribution in [3.8, 4) is 0 Å². The number of para-hydroxylation sites is 1. The summed E-state index contributed by atoms with van der Waals surface area (Å²) in [6, 6.07) is 7.40. The van der Waals surface area contributed by atoms with E-state index in [-0.39, 0.29) is 10.9 Å². The van der Waals surface area contributed by atoms with Crippen LogP contribution in [0, 0.1) is 0 Å². The number of carbonyl (C=O) groups excluding carboxylic acids is 3. The first-order valence-electron chi connectivity index (χ1n) is 13.8. The Morgan fingerprint density at radius 1 is 1.03 bits per heavy atom. The fraction of sp³-hybridized carbons (Fsp3) is 0.571. The lowest BCUT2D eigenvalue weighted by Crippen LogP contribution is -2.62. The van der Waals surface area contributed by atoms with E-state index in [1.807, 2.05) is 6.92 Å². The Kier molecular flexibility index (Phi) is 9.15. The highest BCUT2D eigenvalue weighted by molar-refractivity contribution is 7.89. The normalized spacial score (nSPS) is 18.7. The Balaban J connectivity index is 1.57. The Hall–Kier alpha value is -2.85. The summed E-state index contributed by atoms with van der Waals surface area (Å²) in [5.74, 6) is -1.92. The minimum absolute atomic E-state index is 0.00268. The molecule has 2 amide bonds. The van der Waals surface area contributed by atoms with Crippen LogP contribution in [0.25, 0.3) is 10.9 Å². The molecule has 3 N–H and O–H groups in total. The van der Waals surface area contributed by atoms with Gasteiger partial charge in [0.25, 0.3) is 5.91 Å². The van der Waals surface area contributed by atoms with Crippen LogP contribution in [0.5, 0.6) is 0 Å². The van der Waals surface area contributed by atoms with Crippen molar-refractivity contribution in [3.05, 3.63) is 36.5 Å². The number of aromatic nitrogens is 1. The molecule has 1 aromatic heterocycles. The van der Waals surface area contributed by atoms with Crippen LogP contribution in [0.4, 0.5) is 0 Å². The summed E-state index contributed by atoms with van der Waals surface area (Å²) in [6.07, 6.45) is 9.83. The van der Waals surface area contributed by atoms with Gasteiger partial charge in [0.1, 0.15) is 10.4 Å². The topological polar surface area (TPSA) is 134 Å². The molecule has 0 saturated heterocycles. The second-order valence-corrected chi connectivity index (χ2v) is 12.2. The highest BCUT2D eigenvalue weighted by atomic mass is 32.2. The molecule has 1 heterocycles. The fourth-order valence-corrected chi connectivity index (χ4v) is 7.20. The summed E-state index contributed by atoms with van der Waals surface area (Å²) < 4.78 is 30.0. The summed E-state index contributed by atoms with van der Waals surface area (Å²) in [4.78, 5) is 44.0. The molecule has 0 unspecified atom stereocenters. The van der Waals surface area contributed by atoms with Crippen molar-refractivity contribution in [1.29, 1.82) is 0 Å². The molecule has 0 aliphatic heterocycles. The average Bonchev–Trinajstić information content (AvgIpc) is 3.43. The van der Waals surface area contributed by atoms with Gasteiger partial charge < -0.3 is 10.6 Å². The molecule has 2 aliphatic rings. The third-order valence-electron chi connectivity index (χ3n) is 7.74. The van der Waals surface area contributed by atoms with Gasteiger partial charge in [-0.2, -0.15) is 4.72 Å². The summed E-state index contributed by atoms with van der Waals surface area (Å²) in [5.41, 5.74) is -1.09. The number of benzene rings is 1. The van der Waals surface area contributed by atoms with Crippen LogP contribution >= 0.6 is 0 Å². The van der Waals surface area contributed by atoms with Crippen LogP contribution in [0.15, 0.2) is 41.4 Å². The second-order valence-electron chi connectivity index (χ2n) is 10.6. The van der Waals surface area contributed by atoms with Gasteiger partial charge in [0.05, 0.1) is 11.6 Å². The van der Waals surface area contributed by atoms with Gasteiger partial charge in [0.2, 0.25) is 21.7 Å². The maximum Gasteiger partial charge on any atom is 0.289 e. The first-order chi connectivity index (χ1) is 18.3. The molecule has 2 fully saturated rings. The Bertz CT molecular complexity index is 1260. The molecule has 10 heteroatoms. The fourth-order valence-electron chi connectivity index (χ4n) is 5.59. The first kappa shape index (κ1) is 28.2. The summed E-state index contributed by atoms with van der Waals surface area (Å²) in [5, 5.41) is 6.28. The largest absolute Gasteiger partial charge is 0.347 e. The predicted octanol–water partition coefficient (Wildman–Crippen LogP) is 3.52. The first-order valence-corrected chi connectivity index (χ1v) is 15.3. The molecule has 0 radical (unpaired) electrons. The van der Waals surface area contributed by atoms with E-state index in [4.69, 9.17) is 0 Å². The maximum absolute atomic E-state index is 13.8. The van der Waals surface area contributed by atoms with Gasteiger partial charge in [0.15, 0.2) is 0 Å². The van der Waals surface area contributed by atoms with E-state index < -0.39 is 39.2 Å². The zero-order valence-electron chi connectivity index (χ0n) is 22.0. The summed E-state index contributed by atoms with van der Waals surface area (Å²) in [7, 11) is -4.13. The number of hydrogen-bond donors (Lipinski definition) is 3. The van der Waals surface area contributed by atoms with Crippen molar-refractivity contribution in [3.63, 3.8) is 0 Å². The molecule has 38 heavy (non-hydrogen) atoms.